The summed E-state index contributed by atoms with van der Waals surface area (Å²) in [6, 6.07) is 22.9. The molecule has 0 bridgehead atoms. The number of likely N-dealkylation sites (tertiary alicyclic amines) is 1. The number of ether oxygens (including phenoxy) is 1. The number of hydrogen-bond acceptors (Lipinski definition) is 4. The number of benzene rings is 2. The van der Waals surface area contributed by atoms with Crippen LogP contribution in [-0.2, 0) is 6.42 Å². The predicted molar refractivity (Wildman–Crippen MR) is 143 cm³/mol. The molecule has 5 rings (SSSR count). The molecule has 0 radical (unpaired) electrons. The Labute approximate surface area is 214 Å². The van der Waals surface area contributed by atoms with Gasteiger partial charge in [-0.2, -0.15) is 0 Å². The first-order chi connectivity index (χ1) is 17.7. The summed E-state index contributed by atoms with van der Waals surface area (Å²) in [6.45, 7) is 3.05. The number of furan rings is 1. The van der Waals surface area contributed by atoms with Crippen LogP contribution in [0.4, 0.5) is 0 Å². The van der Waals surface area contributed by atoms with Crippen molar-refractivity contribution in [2.75, 3.05) is 26.7 Å². The van der Waals surface area contributed by atoms with Crippen molar-refractivity contribution in [2.45, 2.75) is 44.2 Å². The Morgan fingerprint density at radius 3 is 2.42 bits per heavy atom. The Balaban J connectivity index is 1.25. The van der Waals surface area contributed by atoms with Gasteiger partial charge < -0.3 is 14.1 Å². The molecular formula is C31H36N2O3. The maximum atomic E-state index is 13.5. The number of piperidine rings is 1. The van der Waals surface area contributed by atoms with E-state index in [9.17, 15) is 4.79 Å². The molecule has 3 aromatic rings. The number of nitrogens with zero attached hydrogens (tertiary/aromatic N) is 2. The van der Waals surface area contributed by atoms with Gasteiger partial charge in [-0.3, -0.25) is 9.69 Å². The van der Waals surface area contributed by atoms with Gasteiger partial charge in [0.15, 0.2) is 5.76 Å². The predicted octanol–water partition coefficient (Wildman–Crippen LogP) is 5.93. The maximum Gasteiger partial charge on any atom is 0.290 e. The van der Waals surface area contributed by atoms with Gasteiger partial charge in [-0.15, -0.1) is 0 Å². The van der Waals surface area contributed by atoms with Crippen molar-refractivity contribution in [2.24, 2.45) is 5.92 Å². The van der Waals surface area contributed by atoms with Crippen LogP contribution in [0.1, 0.15) is 47.4 Å². The van der Waals surface area contributed by atoms with Crippen LogP contribution in [0.25, 0.3) is 6.08 Å². The molecule has 1 aliphatic heterocycles. The third-order valence-corrected chi connectivity index (χ3v) is 7.52. The van der Waals surface area contributed by atoms with Crippen molar-refractivity contribution in [1.29, 1.82) is 0 Å². The van der Waals surface area contributed by atoms with E-state index in [1.807, 2.05) is 18.2 Å². The molecule has 1 saturated carbocycles. The lowest BCUT2D eigenvalue weighted by molar-refractivity contribution is 0.0467. The van der Waals surface area contributed by atoms with Gasteiger partial charge in [0.1, 0.15) is 5.75 Å². The van der Waals surface area contributed by atoms with Gasteiger partial charge in [-0.05, 0) is 86.5 Å². The zero-order valence-corrected chi connectivity index (χ0v) is 21.1. The molecule has 2 aliphatic rings. The Hall–Kier alpha value is -3.31. The molecule has 36 heavy (non-hydrogen) atoms. The number of carbonyl (C=O) groups is 1. The Morgan fingerprint density at radius 1 is 1.03 bits per heavy atom. The topological polar surface area (TPSA) is 45.9 Å². The second-order valence-corrected chi connectivity index (χ2v) is 9.99. The van der Waals surface area contributed by atoms with Crippen LogP contribution in [0.5, 0.6) is 5.75 Å². The van der Waals surface area contributed by atoms with Gasteiger partial charge >= 0.3 is 0 Å². The Morgan fingerprint density at radius 2 is 1.78 bits per heavy atom. The monoisotopic (exact) mass is 484 g/mol. The highest BCUT2D eigenvalue weighted by molar-refractivity contribution is 5.92. The van der Waals surface area contributed by atoms with E-state index in [0.29, 0.717) is 17.7 Å². The van der Waals surface area contributed by atoms with Gasteiger partial charge in [0.25, 0.3) is 5.91 Å². The van der Waals surface area contributed by atoms with Gasteiger partial charge in [-0.25, -0.2) is 0 Å². The first kappa shape index (κ1) is 24.4. The minimum atomic E-state index is 0.0493. The van der Waals surface area contributed by atoms with Crippen LogP contribution >= 0.6 is 0 Å². The van der Waals surface area contributed by atoms with E-state index < -0.39 is 0 Å². The summed E-state index contributed by atoms with van der Waals surface area (Å²) in [7, 11) is 1.69. The average Bonchev–Trinajstić information content (AvgIpc) is 3.60. The quantitative estimate of drug-likeness (QED) is 0.358. The second-order valence-electron chi connectivity index (χ2n) is 9.99. The van der Waals surface area contributed by atoms with Crippen LogP contribution in [0.15, 0.2) is 83.5 Å². The Kier molecular flexibility index (Phi) is 7.87. The van der Waals surface area contributed by atoms with E-state index in [2.05, 4.69) is 64.4 Å². The molecule has 0 spiro atoms. The number of hydrogen-bond donors (Lipinski definition) is 0. The van der Waals surface area contributed by atoms with Crippen LogP contribution in [0, 0.1) is 5.92 Å². The van der Waals surface area contributed by atoms with E-state index in [1.165, 1.54) is 11.1 Å². The number of methoxy groups -OCH3 is 1. The van der Waals surface area contributed by atoms with Crippen molar-refractivity contribution >= 4 is 12.0 Å². The second kappa shape index (κ2) is 11.6. The fourth-order valence-electron chi connectivity index (χ4n) is 5.39. The van der Waals surface area contributed by atoms with Gasteiger partial charge in [0, 0.05) is 18.6 Å². The van der Waals surface area contributed by atoms with Crippen LogP contribution in [0.3, 0.4) is 0 Å². The van der Waals surface area contributed by atoms with Crippen molar-refractivity contribution in [3.63, 3.8) is 0 Å². The summed E-state index contributed by atoms with van der Waals surface area (Å²) in [6.07, 6.45) is 11.3. The summed E-state index contributed by atoms with van der Waals surface area (Å²) in [5.74, 6) is 1.87. The zero-order chi connectivity index (χ0) is 24.7. The normalized spacial score (nSPS) is 17.8. The van der Waals surface area contributed by atoms with Crippen molar-refractivity contribution in [3.8, 4) is 5.75 Å². The van der Waals surface area contributed by atoms with E-state index in [4.69, 9.17) is 9.15 Å². The highest BCUT2D eigenvalue weighted by atomic mass is 16.5. The molecule has 1 aromatic heterocycles. The third-order valence-electron chi connectivity index (χ3n) is 7.52. The lowest BCUT2D eigenvalue weighted by Gasteiger charge is -2.41. The molecule has 1 atom stereocenters. The smallest absolute Gasteiger partial charge is 0.290 e. The first-order valence-electron chi connectivity index (χ1n) is 13.1. The summed E-state index contributed by atoms with van der Waals surface area (Å²) in [5, 5.41) is 0. The third kappa shape index (κ3) is 6.08. The fraction of sp³-hybridized carbons (Fsp3) is 0.387. The van der Waals surface area contributed by atoms with Crippen molar-refractivity contribution < 1.29 is 13.9 Å². The highest BCUT2D eigenvalue weighted by Crippen LogP contribution is 2.36. The SMILES string of the molecule is COc1ccc(/C=C/CN2CCC([C@H](Cc3ccccc3)N(C(=O)c3ccco3)C3CC3)CC2)cc1. The molecule has 2 fully saturated rings. The lowest BCUT2D eigenvalue weighted by atomic mass is 9.84. The van der Waals surface area contributed by atoms with E-state index in [1.54, 1.807) is 19.4 Å². The van der Waals surface area contributed by atoms with Gasteiger partial charge in [0.2, 0.25) is 0 Å². The van der Waals surface area contributed by atoms with Gasteiger partial charge in [-0.1, -0.05) is 54.6 Å². The van der Waals surface area contributed by atoms with Crippen LogP contribution in [0.2, 0.25) is 0 Å². The molecular weight excluding hydrogens is 448 g/mol. The fourth-order valence-corrected chi connectivity index (χ4v) is 5.39. The maximum absolute atomic E-state index is 13.5. The molecule has 0 unspecified atom stereocenters. The lowest BCUT2D eigenvalue weighted by Crippen LogP contribution is -2.50. The minimum absolute atomic E-state index is 0.0493. The largest absolute Gasteiger partial charge is 0.497 e. The van der Waals surface area contributed by atoms with E-state index in [-0.39, 0.29) is 11.9 Å². The summed E-state index contributed by atoms with van der Waals surface area (Å²) < 4.78 is 10.8. The number of amides is 1. The molecule has 0 N–H and O–H groups in total. The summed E-state index contributed by atoms with van der Waals surface area (Å²) in [5.41, 5.74) is 2.48. The zero-order valence-electron chi connectivity index (χ0n) is 21.1. The summed E-state index contributed by atoms with van der Waals surface area (Å²) in [4.78, 5) is 18.2. The molecule has 1 saturated heterocycles. The minimum Gasteiger partial charge on any atom is -0.497 e. The number of carbonyl (C=O) groups excluding carboxylic acids is 1. The van der Waals surface area contributed by atoms with Crippen LogP contribution in [-0.4, -0.2) is 54.5 Å². The average molecular weight is 485 g/mol. The molecule has 2 aromatic carbocycles. The number of rotatable bonds is 10. The molecule has 5 heteroatoms. The van der Waals surface area contributed by atoms with E-state index in [0.717, 1.165) is 57.5 Å². The van der Waals surface area contributed by atoms with E-state index >= 15 is 0 Å². The first-order valence-corrected chi connectivity index (χ1v) is 13.1. The molecule has 1 amide bonds. The molecule has 1 aliphatic carbocycles. The highest BCUT2D eigenvalue weighted by Gasteiger charge is 2.42. The standard InChI is InChI=1S/C31H36N2O3/c1-35-28-15-11-24(12-16-28)9-5-19-32-20-17-26(18-21-32)29(23-25-7-3-2-4-8-25)33(27-13-14-27)31(34)30-10-6-22-36-30/h2-12,15-16,22,26-27,29H,13-14,17-21,23H2,1H3/b9-5+/t29-/m0/s1. The van der Waals surface area contributed by atoms with Gasteiger partial charge in [0.05, 0.1) is 13.4 Å². The van der Waals surface area contributed by atoms with Crippen LogP contribution < -0.4 is 4.74 Å². The van der Waals surface area contributed by atoms with Crippen molar-refractivity contribution in [1.82, 2.24) is 9.80 Å². The van der Waals surface area contributed by atoms with Crippen molar-refractivity contribution in [3.05, 3.63) is 96.0 Å². The molecule has 2 heterocycles. The Bertz CT molecular complexity index is 1110. The molecule has 188 valence electrons. The molecule has 5 nitrogen and oxygen atoms in total. The summed E-state index contributed by atoms with van der Waals surface area (Å²) >= 11 is 0.